The third-order valence-corrected chi connectivity index (χ3v) is 4.41. The van der Waals surface area contributed by atoms with Crippen LogP contribution < -0.4 is 10.1 Å². The summed E-state index contributed by atoms with van der Waals surface area (Å²) in [5, 5.41) is 7.71. The zero-order chi connectivity index (χ0) is 19.4. The van der Waals surface area contributed by atoms with Gasteiger partial charge in [-0.2, -0.15) is 5.10 Å². The average molecular weight is 385 g/mol. The zero-order valence-corrected chi connectivity index (χ0v) is 16.1. The smallest absolute Gasteiger partial charge is 0.264 e. The molecule has 0 aliphatic rings. The number of ether oxygens (including phenoxy) is 1. The van der Waals surface area contributed by atoms with E-state index in [1.54, 1.807) is 49.1 Å². The number of amides is 1. The van der Waals surface area contributed by atoms with Crippen molar-refractivity contribution in [1.82, 2.24) is 20.1 Å². The van der Waals surface area contributed by atoms with E-state index in [-0.39, 0.29) is 11.9 Å². The van der Waals surface area contributed by atoms with E-state index >= 15 is 0 Å². The fraction of sp³-hybridized carbons (Fsp3) is 0.250. The Hall–Kier alpha value is -2.86. The van der Waals surface area contributed by atoms with E-state index in [1.807, 2.05) is 31.2 Å². The summed E-state index contributed by atoms with van der Waals surface area (Å²) in [5.41, 5.74) is 0.860. The van der Waals surface area contributed by atoms with E-state index in [1.165, 1.54) is 6.33 Å². The highest BCUT2D eigenvalue weighted by molar-refractivity contribution is 6.30. The Bertz CT molecular complexity index is 891. The van der Waals surface area contributed by atoms with Crippen LogP contribution in [0.1, 0.15) is 32.4 Å². The summed E-state index contributed by atoms with van der Waals surface area (Å²) in [4.78, 5) is 16.6. The van der Waals surface area contributed by atoms with Crippen LogP contribution in [-0.4, -0.2) is 26.3 Å². The zero-order valence-electron chi connectivity index (χ0n) is 15.4. The van der Waals surface area contributed by atoms with Gasteiger partial charge in [0.05, 0.1) is 11.7 Å². The molecule has 1 aromatic heterocycles. The maximum Gasteiger partial charge on any atom is 0.264 e. The van der Waals surface area contributed by atoms with Crippen molar-refractivity contribution in [3.63, 3.8) is 0 Å². The Labute approximate surface area is 163 Å². The maximum absolute atomic E-state index is 12.7. The van der Waals surface area contributed by atoms with Crippen LogP contribution in [0.4, 0.5) is 0 Å². The number of carbonyl (C=O) groups excluding carboxylic acids is 1. The molecule has 0 saturated heterocycles. The second-order valence-corrected chi connectivity index (χ2v) is 7.13. The predicted molar refractivity (Wildman–Crippen MR) is 104 cm³/mol. The molecule has 7 heteroatoms. The molecule has 0 fully saturated rings. The number of hydrogen-bond donors (Lipinski definition) is 1. The molecule has 0 spiro atoms. The van der Waals surface area contributed by atoms with Crippen molar-refractivity contribution in [2.24, 2.45) is 0 Å². The van der Waals surface area contributed by atoms with E-state index in [0.29, 0.717) is 10.8 Å². The molecule has 1 heterocycles. The van der Waals surface area contributed by atoms with E-state index in [0.717, 1.165) is 11.3 Å². The average Bonchev–Trinajstić information content (AvgIpc) is 3.18. The third-order valence-electron chi connectivity index (χ3n) is 4.16. The SMILES string of the molecule is CC(NC(=O)C(C)(C)Oc1ccc(Cl)cc1)c1ccc(-n2cncn2)cc1. The highest BCUT2D eigenvalue weighted by Crippen LogP contribution is 2.22. The van der Waals surface area contributed by atoms with Crippen molar-refractivity contribution >= 4 is 17.5 Å². The number of halogens is 1. The van der Waals surface area contributed by atoms with Gasteiger partial charge in [-0.1, -0.05) is 23.7 Å². The summed E-state index contributed by atoms with van der Waals surface area (Å²) in [6.07, 6.45) is 3.12. The minimum atomic E-state index is -1.03. The summed E-state index contributed by atoms with van der Waals surface area (Å²) in [7, 11) is 0. The predicted octanol–water partition coefficient (Wildman–Crippen LogP) is 3.96. The van der Waals surface area contributed by atoms with Gasteiger partial charge < -0.3 is 10.1 Å². The minimum absolute atomic E-state index is 0.171. The fourth-order valence-corrected chi connectivity index (χ4v) is 2.68. The lowest BCUT2D eigenvalue weighted by molar-refractivity contribution is -0.134. The number of carbonyl (C=O) groups is 1. The van der Waals surface area contributed by atoms with Crippen LogP contribution in [0.25, 0.3) is 5.69 Å². The molecular weight excluding hydrogens is 364 g/mol. The van der Waals surface area contributed by atoms with E-state index in [4.69, 9.17) is 16.3 Å². The number of benzene rings is 2. The van der Waals surface area contributed by atoms with Gasteiger partial charge in [0.1, 0.15) is 18.4 Å². The summed E-state index contributed by atoms with van der Waals surface area (Å²) >= 11 is 5.88. The Morgan fingerprint density at radius 1 is 1.15 bits per heavy atom. The lowest BCUT2D eigenvalue weighted by atomic mass is 10.0. The lowest BCUT2D eigenvalue weighted by Crippen LogP contribution is -2.47. The van der Waals surface area contributed by atoms with Crippen LogP contribution in [0.3, 0.4) is 0 Å². The summed E-state index contributed by atoms with van der Waals surface area (Å²) in [5.74, 6) is 0.384. The lowest BCUT2D eigenvalue weighted by Gasteiger charge is -2.27. The molecule has 0 radical (unpaired) electrons. The number of rotatable bonds is 6. The van der Waals surface area contributed by atoms with Crippen molar-refractivity contribution in [3.05, 3.63) is 71.8 Å². The Morgan fingerprint density at radius 2 is 1.81 bits per heavy atom. The second kappa shape index (κ2) is 7.80. The van der Waals surface area contributed by atoms with E-state index < -0.39 is 5.60 Å². The normalized spacial score (nSPS) is 12.4. The summed E-state index contributed by atoms with van der Waals surface area (Å²) < 4.78 is 7.51. The van der Waals surface area contributed by atoms with Gasteiger partial charge in [0.15, 0.2) is 5.60 Å². The van der Waals surface area contributed by atoms with Crippen molar-refractivity contribution in [2.45, 2.75) is 32.4 Å². The molecule has 27 heavy (non-hydrogen) atoms. The first kappa shape index (κ1) is 18.9. The first-order chi connectivity index (χ1) is 12.8. The van der Waals surface area contributed by atoms with Crippen LogP contribution in [0, 0.1) is 0 Å². The first-order valence-corrected chi connectivity index (χ1v) is 8.93. The molecule has 0 aliphatic carbocycles. The molecular formula is C20H21ClN4O2. The van der Waals surface area contributed by atoms with Crippen molar-refractivity contribution < 1.29 is 9.53 Å². The van der Waals surface area contributed by atoms with Gasteiger partial charge in [0.25, 0.3) is 5.91 Å². The summed E-state index contributed by atoms with van der Waals surface area (Å²) in [6.45, 7) is 5.40. The molecule has 0 aliphatic heterocycles. The standard InChI is InChI=1S/C20H21ClN4O2/c1-14(15-4-8-17(9-5-15)25-13-22-12-23-25)24-19(26)20(2,3)27-18-10-6-16(21)7-11-18/h4-14H,1-3H3,(H,24,26). The van der Waals surface area contributed by atoms with E-state index in [9.17, 15) is 4.79 Å². The van der Waals surface area contributed by atoms with Gasteiger partial charge in [0, 0.05) is 5.02 Å². The molecule has 2 aromatic carbocycles. The Morgan fingerprint density at radius 3 is 2.41 bits per heavy atom. The van der Waals surface area contributed by atoms with Crippen LogP contribution in [0.15, 0.2) is 61.2 Å². The molecule has 140 valence electrons. The molecule has 6 nitrogen and oxygen atoms in total. The molecule has 1 atom stereocenters. The van der Waals surface area contributed by atoms with Gasteiger partial charge in [-0.3, -0.25) is 4.79 Å². The Kier molecular flexibility index (Phi) is 5.46. The van der Waals surface area contributed by atoms with Crippen LogP contribution in [-0.2, 0) is 4.79 Å². The molecule has 1 unspecified atom stereocenters. The van der Waals surface area contributed by atoms with Gasteiger partial charge in [-0.25, -0.2) is 9.67 Å². The largest absolute Gasteiger partial charge is 0.478 e. The Balaban J connectivity index is 1.64. The first-order valence-electron chi connectivity index (χ1n) is 8.56. The number of nitrogens with zero attached hydrogens (tertiary/aromatic N) is 3. The van der Waals surface area contributed by atoms with Gasteiger partial charge in [0.2, 0.25) is 0 Å². The highest BCUT2D eigenvalue weighted by atomic mass is 35.5. The maximum atomic E-state index is 12.7. The fourth-order valence-electron chi connectivity index (χ4n) is 2.55. The van der Waals surface area contributed by atoms with Crippen LogP contribution in [0.2, 0.25) is 5.02 Å². The topological polar surface area (TPSA) is 69.0 Å². The number of hydrogen-bond acceptors (Lipinski definition) is 4. The van der Waals surface area contributed by atoms with E-state index in [2.05, 4.69) is 15.4 Å². The van der Waals surface area contributed by atoms with Crippen LogP contribution in [0.5, 0.6) is 5.75 Å². The van der Waals surface area contributed by atoms with Crippen LogP contribution >= 0.6 is 11.6 Å². The van der Waals surface area contributed by atoms with Crippen molar-refractivity contribution in [1.29, 1.82) is 0 Å². The van der Waals surface area contributed by atoms with Gasteiger partial charge in [-0.05, 0) is 62.7 Å². The van der Waals surface area contributed by atoms with Crippen molar-refractivity contribution in [2.75, 3.05) is 0 Å². The molecule has 1 amide bonds. The molecule has 3 rings (SSSR count). The minimum Gasteiger partial charge on any atom is -0.478 e. The molecule has 3 aromatic rings. The number of aromatic nitrogens is 3. The number of nitrogens with one attached hydrogen (secondary N) is 1. The molecule has 0 bridgehead atoms. The second-order valence-electron chi connectivity index (χ2n) is 6.69. The third kappa shape index (κ3) is 4.65. The quantitative estimate of drug-likeness (QED) is 0.698. The monoisotopic (exact) mass is 384 g/mol. The summed E-state index contributed by atoms with van der Waals surface area (Å²) in [6, 6.07) is 14.5. The van der Waals surface area contributed by atoms with Gasteiger partial charge >= 0.3 is 0 Å². The van der Waals surface area contributed by atoms with Crippen molar-refractivity contribution in [3.8, 4) is 11.4 Å². The molecule has 0 saturated carbocycles. The van der Waals surface area contributed by atoms with Gasteiger partial charge in [-0.15, -0.1) is 0 Å². The highest BCUT2D eigenvalue weighted by Gasteiger charge is 2.31. The molecule has 1 N–H and O–H groups in total.